The van der Waals surface area contributed by atoms with Gasteiger partial charge in [0.05, 0.1) is 4.92 Å². The van der Waals surface area contributed by atoms with Gasteiger partial charge in [0.15, 0.2) is 0 Å². The molecule has 1 aromatic carbocycles. The summed E-state index contributed by atoms with van der Waals surface area (Å²) in [5, 5.41) is 15.8. The van der Waals surface area contributed by atoms with E-state index in [9.17, 15) is 19.3 Å². The quantitative estimate of drug-likeness (QED) is 0.450. The van der Waals surface area contributed by atoms with E-state index in [1.165, 1.54) is 6.07 Å². The number of amides is 1. The van der Waals surface area contributed by atoms with Crippen LogP contribution in [0.5, 0.6) is 0 Å². The number of hydrogen-bond acceptors (Lipinski definition) is 4. The van der Waals surface area contributed by atoms with Crippen molar-refractivity contribution in [2.75, 3.05) is 13.6 Å². The first-order chi connectivity index (χ1) is 8.54. The minimum absolute atomic E-state index is 0.0858. The lowest BCUT2D eigenvalue weighted by Crippen LogP contribution is -2.24. The van der Waals surface area contributed by atoms with Crippen LogP contribution in [0.25, 0.3) is 0 Å². The molecule has 0 saturated heterocycles. The monoisotopic (exact) mass is 255 g/mol. The van der Waals surface area contributed by atoms with Crippen molar-refractivity contribution in [3.8, 4) is 0 Å². The van der Waals surface area contributed by atoms with Crippen LogP contribution < -0.4 is 10.6 Å². The molecule has 0 saturated carbocycles. The van der Waals surface area contributed by atoms with Gasteiger partial charge in [-0.25, -0.2) is 0 Å². The SMILES string of the molecule is CNC(=O)CCNCc1ccc([N+](=O)[O-])c(F)c1. The van der Waals surface area contributed by atoms with E-state index in [2.05, 4.69) is 10.6 Å². The molecule has 0 fully saturated rings. The fourth-order valence-corrected chi connectivity index (χ4v) is 1.37. The summed E-state index contributed by atoms with van der Waals surface area (Å²) in [5.41, 5.74) is 0.0547. The summed E-state index contributed by atoms with van der Waals surface area (Å²) < 4.78 is 13.3. The molecule has 0 heterocycles. The van der Waals surface area contributed by atoms with Crippen LogP contribution in [0.3, 0.4) is 0 Å². The van der Waals surface area contributed by atoms with Crippen molar-refractivity contribution in [3.05, 3.63) is 39.7 Å². The summed E-state index contributed by atoms with van der Waals surface area (Å²) in [5.74, 6) is -0.942. The lowest BCUT2D eigenvalue weighted by Gasteiger charge is -2.04. The van der Waals surface area contributed by atoms with E-state index in [1.807, 2.05) is 0 Å². The Hall–Kier alpha value is -2.02. The molecule has 98 valence electrons. The molecular formula is C11H14FN3O3. The molecule has 0 spiro atoms. The second kappa shape index (κ2) is 6.65. The zero-order valence-electron chi connectivity index (χ0n) is 9.90. The van der Waals surface area contributed by atoms with Gasteiger partial charge in [-0.2, -0.15) is 4.39 Å². The van der Waals surface area contributed by atoms with Gasteiger partial charge in [-0.3, -0.25) is 14.9 Å². The number of halogens is 1. The Kier molecular flexibility index (Phi) is 5.19. The fourth-order valence-electron chi connectivity index (χ4n) is 1.37. The van der Waals surface area contributed by atoms with Gasteiger partial charge in [0.1, 0.15) is 0 Å². The van der Waals surface area contributed by atoms with E-state index in [1.54, 1.807) is 7.05 Å². The molecule has 0 aromatic heterocycles. The summed E-state index contributed by atoms with van der Waals surface area (Å²) in [7, 11) is 1.55. The van der Waals surface area contributed by atoms with E-state index in [-0.39, 0.29) is 5.91 Å². The van der Waals surface area contributed by atoms with Gasteiger partial charge < -0.3 is 10.6 Å². The fraction of sp³-hybridized carbons (Fsp3) is 0.364. The van der Waals surface area contributed by atoms with Crippen LogP contribution in [0.15, 0.2) is 18.2 Å². The first-order valence-electron chi connectivity index (χ1n) is 5.38. The van der Waals surface area contributed by atoms with Crippen LogP contribution in [0.2, 0.25) is 0 Å². The summed E-state index contributed by atoms with van der Waals surface area (Å²) in [4.78, 5) is 20.6. The molecular weight excluding hydrogens is 241 g/mol. The lowest BCUT2D eigenvalue weighted by molar-refractivity contribution is -0.387. The smallest absolute Gasteiger partial charge is 0.304 e. The van der Waals surface area contributed by atoms with Crippen LogP contribution in [-0.4, -0.2) is 24.4 Å². The summed E-state index contributed by atoms with van der Waals surface area (Å²) in [6.45, 7) is 0.810. The predicted octanol–water partition coefficient (Wildman–Crippen LogP) is 0.960. The summed E-state index contributed by atoms with van der Waals surface area (Å²) in [6.07, 6.45) is 0.325. The predicted molar refractivity (Wildman–Crippen MR) is 63.4 cm³/mol. The van der Waals surface area contributed by atoms with Crippen molar-refractivity contribution in [2.45, 2.75) is 13.0 Å². The van der Waals surface area contributed by atoms with Gasteiger partial charge in [-0.15, -0.1) is 0 Å². The molecule has 0 aliphatic carbocycles. The van der Waals surface area contributed by atoms with E-state index in [0.29, 0.717) is 25.1 Å². The molecule has 0 aliphatic heterocycles. The molecule has 1 aromatic rings. The number of nitro groups is 1. The maximum absolute atomic E-state index is 13.3. The Labute approximate surface area is 103 Å². The molecule has 0 atom stereocenters. The molecule has 18 heavy (non-hydrogen) atoms. The average Bonchev–Trinajstić information content (AvgIpc) is 2.34. The number of nitro benzene ring substituents is 1. The molecule has 0 unspecified atom stereocenters. The third-order valence-corrected chi connectivity index (χ3v) is 2.35. The van der Waals surface area contributed by atoms with Crippen LogP contribution in [-0.2, 0) is 11.3 Å². The molecule has 0 aliphatic rings. The van der Waals surface area contributed by atoms with Crippen molar-refractivity contribution < 1.29 is 14.1 Å². The van der Waals surface area contributed by atoms with Gasteiger partial charge in [0.25, 0.3) is 0 Å². The highest BCUT2D eigenvalue weighted by Gasteiger charge is 2.13. The average molecular weight is 255 g/mol. The standard InChI is InChI=1S/C11H14FN3O3/c1-13-11(16)4-5-14-7-8-2-3-10(15(17)18)9(12)6-8/h2-3,6,14H,4-5,7H2,1H3,(H,13,16). The summed E-state index contributed by atoms with van der Waals surface area (Å²) in [6, 6.07) is 3.73. The van der Waals surface area contributed by atoms with E-state index in [4.69, 9.17) is 0 Å². The number of carbonyl (C=O) groups excluding carboxylic acids is 1. The van der Waals surface area contributed by atoms with Crippen molar-refractivity contribution >= 4 is 11.6 Å². The van der Waals surface area contributed by atoms with E-state index < -0.39 is 16.4 Å². The lowest BCUT2D eigenvalue weighted by atomic mass is 10.2. The molecule has 6 nitrogen and oxygen atoms in total. The first-order valence-corrected chi connectivity index (χ1v) is 5.38. The maximum atomic E-state index is 13.3. The molecule has 2 N–H and O–H groups in total. The summed E-state index contributed by atoms with van der Waals surface area (Å²) >= 11 is 0. The van der Waals surface area contributed by atoms with E-state index >= 15 is 0 Å². The Morgan fingerprint density at radius 3 is 2.78 bits per heavy atom. The zero-order chi connectivity index (χ0) is 13.5. The number of benzene rings is 1. The second-order valence-corrected chi connectivity index (χ2v) is 3.64. The van der Waals surface area contributed by atoms with Crippen molar-refractivity contribution in [1.29, 1.82) is 0 Å². The number of nitrogens with zero attached hydrogens (tertiary/aromatic N) is 1. The Bertz CT molecular complexity index is 451. The minimum Gasteiger partial charge on any atom is -0.359 e. The third kappa shape index (κ3) is 4.10. The molecule has 1 rings (SSSR count). The van der Waals surface area contributed by atoms with Crippen LogP contribution in [0.4, 0.5) is 10.1 Å². The first kappa shape index (κ1) is 14.0. The number of hydrogen-bond donors (Lipinski definition) is 2. The molecule has 7 heteroatoms. The van der Waals surface area contributed by atoms with Gasteiger partial charge >= 0.3 is 5.69 Å². The highest BCUT2D eigenvalue weighted by atomic mass is 19.1. The Morgan fingerprint density at radius 2 is 2.22 bits per heavy atom. The van der Waals surface area contributed by atoms with Crippen LogP contribution >= 0.6 is 0 Å². The number of nitrogens with one attached hydrogen (secondary N) is 2. The molecule has 0 radical (unpaired) electrons. The zero-order valence-corrected chi connectivity index (χ0v) is 9.90. The highest BCUT2D eigenvalue weighted by molar-refractivity contribution is 5.75. The van der Waals surface area contributed by atoms with Crippen molar-refractivity contribution in [3.63, 3.8) is 0 Å². The third-order valence-electron chi connectivity index (χ3n) is 2.35. The largest absolute Gasteiger partial charge is 0.359 e. The number of carbonyl (C=O) groups is 1. The minimum atomic E-state index is -0.856. The molecule has 1 amide bonds. The Balaban J connectivity index is 2.46. The van der Waals surface area contributed by atoms with Gasteiger partial charge in [0.2, 0.25) is 11.7 Å². The van der Waals surface area contributed by atoms with E-state index in [0.717, 1.165) is 12.1 Å². The van der Waals surface area contributed by atoms with Crippen molar-refractivity contribution in [2.24, 2.45) is 0 Å². The van der Waals surface area contributed by atoms with Crippen LogP contribution in [0.1, 0.15) is 12.0 Å². The molecule has 0 bridgehead atoms. The normalized spacial score (nSPS) is 10.1. The van der Waals surface area contributed by atoms with Gasteiger partial charge in [-0.05, 0) is 11.6 Å². The van der Waals surface area contributed by atoms with Gasteiger partial charge in [0, 0.05) is 32.6 Å². The Morgan fingerprint density at radius 1 is 1.50 bits per heavy atom. The maximum Gasteiger partial charge on any atom is 0.304 e. The van der Waals surface area contributed by atoms with Gasteiger partial charge in [-0.1, -0.05) is 6.07 Å². The van der Waals surface area contributed by atoms with Crippen molar-refractivity contribution in [1.82, 2.24) is 10.6 Å². The topological polar surface area (TPSA) is 84.3 Å². The second-order valence-electron chi connectivity index (χ2n) is 3.64. The van der Waals surface area contributed by atoms with Crippen LogP contribution in [0, 0.1) is 15.9 Å². The highest BCUT2D eigenvalue weighted by Crippen LogP contribution is 2.17. The number of rotatable bonds is 6.